The van der Waals surface area contributed by atoms with Crippen molar-refractivity contribution in [3.63, 3.8) is 0 Å². The standard InChI is InChI=1S/C10H17NO5/c1-2-3-4-5-7-10(12)15-8-6-9-16-11(13)14/h2-3H,4-9H2,1H3/b3-2-. The van der Waals surface area contributed by atoms with Crippen LogP contribution in [0.3, 0.4) is 0 Å². The van der Waals surface area contributed by atoms with Crippen LogP contribution in [0.25, 0.3) is 0 Å². The molecular formula is C10H17NO5. The lowest BCUT2D eigenvalue weighted by molar-refractivity contribution is -0.757. The first kappa shape index (κ1) is 14.4. The second kappa shape index (κ2) is 9.95. The van der Waals surface area contributed by atoms with Gasteiger partial charge in [0.1, 0.15) is 0 Å². The van der Waals surface area contributed by atoms with E-state index in [0.29, 0.717) is 12.8 Å². The summed E-state index contributed by atoms with van der Waals surface area (Å²) in [4.78, 5) is 24.9. The van der Waals surface area contributed by atoms with Crippen LogP contribution in [0.4, 0.5) is 0 Å². The second-order valence-corrected chi connectivity index (χ2v) is 3.09. The van der Waals surface area contributed by atoms with Crippen molar-refractivity contribution < 1.29 is 19.5 Å². The molecule has 0 aliphatic carbocycles. The number of carbonyl (C=O) groups excluding carboxylic acids is 1. The molecule has 0 aromatic carbocycles. The molecule has 0 aromatic rings. The molecule has 0 fully saturated rings. The number of carbonyl (C=O) groups is 1. The van der Waals surface area contributed by atoms with Crippen LogP contribution in [-0.4, -0.2) is 24.3 Å². The van der Waals surface area contributed by atoms with Crippen molar-refractivity contribution in [2.45, 2.75) is 32.6 Å². The molecule has 0 rings (SSSR count). The highest BCUT2D eigenvalue weighted by atomic mass is 16.9. The molecule has 0 aliphatic heterocycles. The number of allylic oxidation sites excluding steroid dienone is 2. The Morgan fingerprint density at radius 2 is 2.12 bits per heavy atom. The minimum absolute atomic E-state index is 0.0428. The summed E-state index contributed by atoms with van der Waals surface area (Å²) in [6.45, 7) is 2.04. The van der Waals surface area contributed by atoms with Gasteiger partial charge in [0, 0.05) is 12.8 Å². The van der Waals surface area contributed by atoms with Gasteiger partial charge in [-0.1, -0.05) is 12.2 Å². The third-order valence-corrected chi connectivity index (χ3v) is 1.74. The van der Waals surface area contributed by atoms with Crippen LogP contribution in [0.2, 0.25) is 0 Å². The van der Waals surface area contributed by atoms with Crippen LogP contribution >= 0.6 is 0 Å². The molecular weight excluding hydrogens is 214 g/mol. The van der Waals surface area contributed by atoms with Gasteiger partial charge in [0.2, 0.25) is 0 Å². The van der Waals surface area contributed by atoms with Crippen molar-refractivity contribution >= 4 is 5.97 Å². The van der Waals surface area contributed by atoms with Crippen molar-refractivity contribution in [3.8, 4) is 0 Å². The number of esters is 1. The van der Waals surface area contributed by atoms with E-state index in [0.717, 1.165) is 12.8 Å². The summed E-state index contributed by atoms with van der Waals surface area (Å²) in [7, 11) is 0. The van der Waals surface area contributed by atoms with Gasteiger partial charge >= 0.3 is 5.97 Å². The lowest BCUT2D eigenvalue weighted by Crippen LogP contribution is -2.09. The molecule has 0 spiro atoms. The molecule has 0 N–H and O–H groups in total. The van der Waals surface area contributed by atoms with E-state index in [1.807, 2.05) is 19.1 Å². The third-order valence-electron chi connectivity index (χ3n) is 1.74. The van der Waals surface area contributed by atoms with Crippen molar-refractivity contribution in [1.29, 1.82) is 0 Å². The van der Waals surface area contributed by atoms with E-state index >= 15 is 0 Å². The van der Waals surface area contributed by atoms with Crippen molar-refractivity contribution in [2.24, 2.45) is 0 Å². The predicted molar refractivity (Wildman–Crippen MR) is 57.2 cm³/mol. The largest absolute Gasteiger partial charge is 0.466 e. The fourth-order valence-electron chi connectivity index (χ4n) is 0.987. The zero-order chi connectivity index (χ0) is 12.2. The van der Waals surface area contributed by atoms with E-state index in [-0.39, 0.29) is 19.2 Å². The van der Waals surface area contributed by atoms with Gasteiger partial charge in [0.25, 0.3) is 5.09 Å². The molecule has 0 unspecified atom stereocenters. The Labute approximate surface area is 94.3 Å². The average molecular weight is 231 g/mol. The van der Waals surface area contributed by atoms with Crippen LogP contribution < -0.4 is 0 Å². The molecule has 0 radical (unpaired) electrons. The van der Waals surface area contributed by atoms with Crippen LogP contribution in [0.1, 0.15) is 32.6 Å². The zero-order valence-electron chi connectivity index (χ0n) is 9.39. The first-order chi connectivity index (χ1) is 7.66. The summed E-state index contributed by atoms with van der Waals surface area (Å²) in [5.74, 6) is -0.273. The number of hydrogen-bond acceptors (Lipinski definition) is 5. The van der Waals surface area contributed by atoms with E-state index in [2.05, 4.69) is 4.84 Å². The Morgan fingerprint density at radius 1 is 1.38 bits per heavy atom. The number of hydrogen-bond donors (Lipinski definition) is 0. The van der Waals surface area contributed by atoms with E-state index in [9.17, 15) is 14.9 Å². The van der Waals surface area contributed by atoms with E-state index < -0.39 is 5.09 Å². The van der Waals surface area contributed by atoms with Gasteiger partial charge in [-0.25, -0.2) is 0 Å². The molecule has 0 bridgehead atoms. The normalized spacial score (nSPS) is 10.3. The fraction of sp³-hybridized carbons (Fsp3) is 0.700. The highest BCUT2D eigenvalue weighted by molar-refractivity contribution is 5.69. The number of nitrogens with zero attached hydrogens (tertiary/aromatic N) is 1. The monoisotopic (exact) mass is 231 g/mol. The van der Waals surface area contributed by atoms with E-state index in [1.54, 1.807) is 0 Å². The van der Waals surface area contributed by atoms with Crippen LogP contribution in [0.5, 0.6) is 0 Å². The molecule has 0 saturated carbocycles. The second-order valence-electron chi connectivity index (χ2n) is 3.09. The van der Waals surface area contributed by atoms with Gasteiger partial charge in [0.05, 0.1) is 13.2 Å². The zero-order valence-corrected chi connectivity index (χ0v) is 9.39. The Balaban J connectivity index is 3.27. The van der Waals surface area contributed by atoms with Gasteiger partial charge < -0.3 is 9.57 Å². The minimum atomic E-state index is -0.862. The molecule has 0 aromatic heterocycles. The Morgan fingerprint density at radius 3 is 2.75 bits per heavy atom. The number of rotatable bonds is 9. The lowest BCUT2D eigenvalue weighted by Gasteiger charge is -2.03. The van der Waals surface area contributed by atoms with E-state index in [1.165, 1.54) is 0 Å². The van der Waals surface area contributed by atoms with Crippen LogP contribution in [0, 0.1) is 10.1 Å². The first-order valence-electron chi connectivity index (χ1n) is 5.21. The van der Waals surface area contributed by atoms with Crippen molar-refractivity contribution in [3.05, 3.63) is 22.3 Å². The maximum Gasteiger partial charge on any atom is 0.305 e. The molecule has 16 heavy (non-hydrogen) atoms. The fourth-order valence-corrected chi connectivity index (χ4v) is 0.987. The van der Waals surface area contributed by atoms with Gasteiger partial charge in [-0.3, -0.25) is 4.79 Å². The van der Waals surface area contributed by atoms with Gasteiger partial charge in [0.15, 0.2) is 0 Å². The number of ether oxygens (including phenoxy) is 1. The average Bonchev–Trinajstić information content (AvgIpc) is 2.23. The summed E-state index contributed by atoms with van der Waals surface area (Å²) in [5, 5.41) is 8.91. The Bertz CT molecular complexity index is 239. The molecule has 0 saturated heterocycles. The molecule has 6 nitrogen and oxygen atoms in total. The predicted octanol–water partition coefficient (Wildman–Crippen LogP) is 1.87. The lowest BCUT2D eigenvalue weighted by atomic mass is 10.2. The van der Waals surface area contributed by atoms with E-state index in [4.69, 9.17) is 4.74 Å². The SMILES string of the molecule is C/C=C\CCCC(=O)OCCCO[N+](=O)[O-]. The summed E-state index contributed by atoms with van der Waals surface area (Å²) < 4.78 is 4.84. The molecule has 6 heteroatoms. The number of unbranched alkanes of at least 4 members (excludes halogenated alkanes) is 1. The summed E-state index contributed by atoms with van der Waals surface area (Å²) in [5.41, 5.74) is 0. The van der Waals surface area contributed by atoms with Gasteiger partial charge in [-0.2, -0.15) is 0 Å². The molecule has 0 amide bonds. The highest BCUT2D eigenvalue weighted by Gasteiger charge is 2.01. The van der Waals surface area contributed by atoms with Gasteiger partial charge in [-0.15, -0.1) is 10.1 Å². The van der Waals surface area contributed by atoms with Crippen molar-refractivity contribution in [1.82, 2.24) is 0 Å². The molecule has 0 aliphatic rings. The molecule has 0 heterocycles. The minimum Gasteiger partial charge on any atom is -0.466 e. The first-order valence-corrected chi connectivity index (χ1v) is 5.21. The summed E-state index contributed by atoms with van der Waals surface area (Å²) >= 11 is 0. The molecule has 92 valence electrons. The summed E-state index contributed by atoms with van der Waals surface area (Å²) in [6.07, 6.45) is 6.24. The third kappa shape index (κ3) is 10.5. The quantitative estimate of drug-likeness (QED) is 0.199. The Hall–Kier alpha value is -1.59. The van der Waals surface area contributed by atoms with Gasteiger partial charge in [-0.05, 0) is 19.8 Å². The Kier molecular flexibility index (Phi) is 8.96. The van der Waals surface area contributed by atoms with Crippen LogP contribution in [0.15, 0.2) is 12.2 Å². The summed E-state index contributed by atoms with van der Waals surface area (Å²) in [6, 6.07) is 0. The highest BCUT2D eigenvalue weighted by Crippen LogP contribution is 1.99. The maximum atomic E-state index is 11.1. The van der Waals surface area contributed by atoms with Crippen molar-refractivity contribution in [2.75, 3.05) is 13.2 Å². The topological polar surface area (TPSA) is 78.7 Å². The maximum absolute atomic E-state index is 11.1. The van der Waals surface area contributed by atoms with Crippen LogP contribution in [-0.2, 0) is 14.4 Å². The molecule has 0 atom stereocenters. The smallest absolute Gasteiger partial charge is 0.305 e.